The topological polar surface area (TPSA) is 49.4 Å². The zero-order chi connectivity index (χ0) is 15.7. The number of carbonyl (C=O) groups is 2. The van der Waals surface area contributed by atoms with Crippen LogP contribution in [-0.2, 0) is 9.59 Å². The molecule has 0 unspecified atom stereocenters. The standard InChI is InChI=1S/C16H21ClN2O2S/c1-10(13-6-7-14(17)22-13)16(21)19-8-2-3-11(9-19)15(20)18-12-4-5-12/h6-7,10-12H,2-5,8-9H2,1H3,(H,18,20)/t10-,11+/m0/s1. The fourth-order valence-corrected chi connectivity index (χ4v) is 4.00. The molecule has 1 N–H and O–H groups in total. The third-order valence-electron chi connectivity index (χ3n) is 4.42. The lowest BCUT2D eigenvalue weighted by Crippen LogP contribution is -2.46. The molecule has 1 aliphatic heterocycles. The van der Waals surface area contributed by atoms with E-state index in [-0.39, 0.29) is 23.7 Å². The maximum atomic E-state index is 12.7. The Morgan fingerprint density at radius 1 is 1.36 bits per heavy atom. The Labute approximate surface area is 139 Å². The van der Waals surface area contributed by atoms with Crippen molar-refractivity contribution >= 4 is 34.8 Å². The van der Waals surface area contributed by atoms with Crippen molar-refractivity contribution in [2.75, 3.05) is 13.1 Å². The Morgan fingerprint density at radius 3 is 2.77 bits per heavy atom. The van der Waals surface area contributed by atoms with E-state index in [2.05, 4.69) is 5.32 Å². The lowest BCUT2D eigenvalue weighted by molar-refractivity contribution is -0.136. The number of piperidine rings is 1. The van der Waals surface area contributed by atoms with Gasteiger partial charge >= 0.3 is 0 Å². The number of halogens is 1. The van der Waals surface area contributed by atoms with Gasteiger partial charge in [-0.15, -0.1) is 11.3 Å². The van der Waals surface area contributed by atoms with Gasteiger partial charge in [0.15, 0.2) is 0 Å². The highest BCUT2D eigenvalue weighted by atomic mass is 35.5. The first-order valence-electron chi connectivity index (χ1n) is 7.89. The first-order chi connectivity index (χ1) is 10.5. The van der Waals surface area contributed by atoms with Gasteiger partial charge in [0.1, 0.15) is 0 Å². The maximum Gasteiger partial charge on any atom is 0.230 e. The van der Waals surface area contributed by atoms with Crippen LogP contribution >= 0.6 is 22.9 Å². The van der Waals surface area contributed by atoms with E-state index in [0.29, 0.717) is 16.9 Å². The van der Waals surface area contributed by atoms with Gasteiger partial charge < -0.3 is 10.2 Å². The molecule has 0 bridgehead atoms. The molecule has 1 saturated heterocycles. The Kier molecular flexibility index (Phi) is 4.73. The molecular formula is C16H21ClN2O2S. The lowest BCUT2D eigenvalue weighted by atomic mass is 9.95. The number of amides is 2. The van der Waals surface area contributed by atoms with E-state index >= 15 is 0 Å². The summed E-state index contributed by atoms with van der Waals surface area (Å²) in [5.41, 5.74) is 0. The zero-order valence-corrected chi connectivity index (χ0v) is 14.3. The van der Waals surface area contributed by atoms with Gasteiger partial charge in [-0.05, 0) is 44.7 Å². The fourth-order valence-electron chi connectivity index (χ4n) is 2.89. The zero-order valence-electron chi connectivity index (χ0n) is 12.7. The number of nitrogens with one attached hydrogen (secondary N) is 1. The Balaban J connectivity index is 1.60. The average Bonchev–Trinajstić information content (AvgIpc) is 3.24. The second-order valence-electron chi connectivity index (χ2n) is 6.27. The van der Waals surface area contributed by atoms with Crippen molar-refractivity contribution in [3.05, 3.63) is 21.3 Å². The van der Waals surface area contributed by atoms with Crippen LogP contribution in [0.4, 0.5) is 0 Å². The summed E-state index contributed by atoms with van der Waals surface area (Å²) in [5, 5.41) is 3.06. The van der Waals surface area contributed by atoms with Crippen LogP contribution in [0.25, 0.3) is 0 Å². The van der Waals surface area contributed by atoms with E-state index in [9.17, 15) is 9.59 Å². The van der Waals surface area contributed by atoms with Crippen molar-refractivity contribution in [2.45, 2.75) is 44.6 Å². The molecule has 120 valence electrons. The SMILES string of the molecule is C[C@H](C(=O)N1CCC[C@@H](C(=O)NC2CC2)C1)c1ccc(Cl)s1. The van der Waals surface area contributed by atoms with Gasteiger partial charge in [-0.1, -0.05) is 11.6 Å². The minimum absolute atomic E-state index is 0.0579. The molecule has 1 aliphatic carbocycles. The summed E-state index contributed by atoms with van der Waals surface area (Å²) in [5.74, 6) is -0.0329. The van der Waals surface area contributed by atoms with Gasteiger partial charge in [-0.25, -0.2) is 0 Å². The molecule has 4 nitrogen and oxygen atoms in total. The second-order valence-corrected chi connectivity index (χ2v) is 8.02. The van der Waals surface area contributed by atoms with Gasteiger partial charge in [0.05, 0.1) is 16.2 Å². The molecule has 2 atom stereocenters. The highest BCUT2D eigenvalue weighted by Crippen LogP contribution is 2.30. The van der Waals surface area contributed by atoms with Gasteiger partial charge in [-0.3, -0.25) is 9.59 Å². The second kappa shape index (κ2) is 6.59. The number of hydrogen-bond donors (Lipinski definition) is 1. The summed E-state index contributed by atoms with van der Waals surface area (Å²) in [6, 6.07) is 4.12. The van der Waals surface area contributed by atoms with Crippen LogP contribution in [0.1, 0.15) is 43.4 Å². The molecule has 0 aromatic carbocycles. The highest BCUT2D eigenvalue weighted by Gasteiger charge is 2.33. The molecule has 2 fully saturated rings. The van der Waals surface area contributed by atoms with Crippen molar-refractivity contribution in [3.8, 4) is 0 Å². The van der Waals surface area contributed by atoms with Crippen molar-refractivity contribution in [3.63, 3.8) is 0 Å². The van der Waals surface area contributed by atoms with Gasteiger partial charge in [0.2, 0.25) is 11.8 Å². The smallest absolute Gasteiger partial charge is 0.230 e. The minimum Gasteiger partial charge on any atom is -0.353 e. The maximum absolute atomic E-state index is 12.7. The van der Waals surface area contributed by atoms with E-state index in [1.165, 1.54) is 11.3 Å². The number of hydrogen-bond acceptors (Lipinski definition) is 3. The number of thiophene rings is 1. The number of likely N-dealkylation sites (tertiary alicyclic amines) is 1. The number of rotatable bonds is 4. The van der Waals surface area contributed by atoms with E-state index in [1.54, 1.807) is 0 Å². The molecular weight excluding hydrogens is 320 g/mol. The lowest BCUT2D eigenvalue weighted by Gasteiger charge is -2.33. The van der Waals surface area contributed by atoms with E-state index in [4.69, 9.17) is 11.6 Å². The molecule has 1 saturated carbocycles. The van der Waals surface area contributed by atoms with Gasteiger partial charge in [-0.2, -0.15) is 0 Å². The molecule has 6 heteroatoms. The molecule has 2 amide bonds. The third kappa shape index (κ3) is 3.63. The van der Waals surface area contributed by atoms with E-state index < -0.39 is 0 Å². The van der Waals surface area contributed by atoms with Crippen molar-refractivity contribution in [2.24, 2.45) is 5.92 Å². The van der Waals surface area contributed by atoms with Crippen LogP contribution < -0.4 is 5.32 Å². The third-order valence-corrected chi connectivity index (χ3v) is 5.83. The normalized spacial score (nSPS) is 23.2. The number of carbonyl (C=O) groups excluding carboxylic acids is 2. The number of nitrogens with zero attached hydrogens (tertiary/aromatic N) is 1. The van der Waals surface area contributed by atoms with Crippen molar-refractivity contribution < 1.29 is 9.59 Å². The Bertz CT molecular complexity index is 570. The quantitative estimate of drug-likeness (QED) is 0.916. The summed E-state index contributed by atoms with van der Waals surface area (Å²) in [7, 11) is 0. The molecule has 0 spiro atoms. The van der Waals surface area contributed by atoms with E-state index in [0.717, 1.165) is 37.1 Å². The molecule has 22 heavy (non-hydrogen) atoms. The summed E-state index contributed by atoms with van der Waals surface area (Å²) in [4.78, 5) is 27.7. The largest absolute Gasteiger partial charge is 0.353 e. The molecule has 2 heterocycles. The van der Waals surface area contributed by atoms with Crippen molar-refractivity contribution in [1.29, 1.82) is 0 Å². The van der Waals surface area contributed by atoms with Gasteiger partial charge in [0, 0.05) is 24.0 Å². The van der Waals surface area contributed by atoms with Crippen LogP contribution in [0.5, 0.6) is 0 Å². The highest BCUT2D eigenvalue weighted by molar-refractivity contribution is 7.16. The molecule has 1 aromatic rings. The fraction of sp³-hybridized carbons (Fsp3) is 0.625. The predicted octanol–water partition coefficient (Wildman–Crippen LogP) is 3.02. The van der Waals surface area contributed by atoms with Crippen molar-refractivity contribution in [1.82, 2.24) is 10.2 Å². The minimum atomic E-state index is -0.192. The monoisotopic (exact) mass is 340 g/mol. The summed E-state index contributed by atoms with van der Waals surface area (Å²) >= 11 is 7.41. The van der Waals surface area contributed by atoms with Crippen LogP contribution in [0.15, 0.2) is 12.1 Å². The Morgan fingerprint density at radius 2 is 2.14 bits per heavy atom. The Hall–Kier alpha value is -1.07. The first-order valence-corrected chi connectivity index (χ1v) is 9.08. The van der Waals surface area contributed by atoms with E-state index in [1.807, 2.05) is 24.0 Å². The molecule has 0 radical (unpaired) electrons. The summed E-state index contributed by atoms with van der Waals surface area (Å²) in [6.45, 7) is 3.20. The summed E-state index contributed by atoms with van der Waals surface area (Å²) < 4.78 is 0.704. The van der Waals surface area contributed by atoms with Crippen LogP contribution in [0, 0.1) is 5.92 Å². The van der Waals surface area contributed by atoms with Crippen LogP contribution in [0.2, 0.25) is 4.34 Å². The average molecular weight is 341 g/mol. The molecule has 2 aliphatic rings. The molecule has 3 rings (SSSR count). The van der Waals surface area contributed by atoms with Crippen LogP contribution in [-0.4, -0.2) is 35.8 Å². The van der Waals surface area contributed by atoms with Gasteiger partial charge in [0.25, 0.3) is 0 Å². The predicted molar refractivity (Wildman–Crippen MR) is 88.2 cm³/mol. The molecule has 1 aromatic heterocycles. The van der Waals surface area contributed by atoms with Crippen LogP contribution in [0.3, 0.4) is 0 Å². The summed E-state index contributed by atoms with van der Waals surface area (Å²) in [6.07, 6.45) is 3.96. The first kappa shape index (κ1) is 15.8.